The number of carbonyl (C=O) groups is 2. The summed E-state index contributed by atoms with van der Waals surface area (Å²) in [4.78, 5) is 22.2. The van der Waals surface area contributed by atoms with Crippen molar-refractivity contribution in [1.82, 2.24) is 10.6 Å². The van der Waals surface area contributed by atoms with Gasteiger partial charge in [-0.25, -0.2) is 0 Å². The van der Waals surface area contributed by atoms with Crippen LogP contribution in [0.15, 0.2) is 72.2 Å². The van der Waals surface area contributed by atoms with Crippen LogP contribution in [0.4, 0.5) is 0 Å². The second-order valence-electron chi connectivity index (χ2n) is 4.72. The minimum atomic E-state index is -0.0112. The van der Waals surface area contributed by atoms with Crippen molar-refractivity contribution in [2.75, 3.05) is 26.3 Å². The molecule has 0 bridgehead atoms. The summed E-state index contributed by atoms with van der Waals surface area (Å²) in [5.74, 6) is -0.0223. The van der Waals surface area contributed by atoms with E-state index in [1.54, 1.807) is 48.9 Å². The first kappa shape index (κ1) is 22.8. The number of rotatable bonds is 6. The molecule has 0 heterocycles. The molecule has 0 amide bonds. The summed E-state index contributed by atoms with van der Waals surface area (Å²) in [5.41, 5.74) is 1.23. The summed E-state index contributed by atoms with van der Waals surface area (Å²) in [5, 5.41) is 22.5. The maximum Gasteiger partial charge on any atom is 0.187 e. The quantitative estimate of drug-likeness (QED) is 0.294. The third kappa shape index (κ3) is 9.64. The summed E-state index contributed by atoms with van der Waals surface area (Å²) in [6, 6.07) is 0. The molecule has 0 saturated heterocycles. The summed E-state index contributed by atoms with van der Waals surface area (Å²) >= 11 is 0. The molecule has 0 aromatic carbocycles. The second-order valence-corrected chi connectivity index (χ2v) is 4.72. The molecular weight excluding hydrogens is 372 g/mol. The van der Waals surface area contributed by atoms with E-state index in [4.69, 9.17) is 10.2 Å². The number of hydrogen-bond acceptors (Lipinski definition) is 6. The maximum atomic E-state index is 11.1. The van der Waals surface area contributed by atoms with E-state index in [9.17, 15) is 9.59 Å². The summed E-state index contributed by atoms with van der Waals surface area (Å²) < 4.78 is 0. The van der Waals surface area contributed by atoms with Gasteiger partial charge in [-0.3, -0.25) is 9.59 Å². The van der Waals surface area contributed by atoms with Gasteiger partial charge >= 0.3 is 0 Å². The van der Waals surface area contributed by atoms with Crippen molar-refractivity contribution in [2.24, 2.45) is 0 Å². The zero-order valence-electron chi connectivity index (χ0n) is 13.6. The molecule has 2 aliphatic rings. The molecule has 2 aliphatic carbocycles. The van der Waals surface area contributed by atoms with Crippen LogP contribution >= 0.6 is 0 Å². The van der Waals surface area contributed by atoms with E-state index >= 15 is 0 Å². The Labute approximate surface area is 157 Å². The van der Waals surface area contributed by atoms with Gasteiger partial charge < -0.3 is 20.8 Å². The normalized spacial score (nSPS) is 18.0. The molecule has 0 atom stereocenters. The van der Waals surface area contributed by atoms with Crippen molar-refractivity contribution in [3.05, 3.63) is 72.2 Å². The van der Waals surface area contributed by atoms with Gasteiger partial charge in [-0.2, -0.15) is 0 Å². The number of aliphatic hydroxyl groups is 2. The molecule has 139 valence electrons. The van der Waals surface area contributed by atoms with E-state index in [-0.39, 0.29) is 41.8 Å². The van der Waals surface area contributed by atoms with Gasteiger partial charge in [-0.1, -0.05) is 24.3 Å². The molecule has 25 heavy (non-hydrogen) atoms. The minimum absolute atomic E-state index is 0. The largest absolute Gasteiger partial charge is 0.395 e. The molecule has 6 nitrogen and oxygen atoms in total. The molecule has 4 N–H and O–H groups in total. The average molecular weight is 394 g/mol. The SMILES string of the molecule is O=C1C=CC=C/C1=C/NCCO.O=C1C=CC=C/C1=C/NCCO.[Cu]. The number of aliphatic hydroxyl groups excluding tert-OH is 2. The Balaban J connectivity index is 0.000000443. The molecule has 0 aromatic rings. The summed E-state index contributed by atoms with van der Waals surface area (Å²) in [7, 11) is 0. The molecule has 0 unspecified atom stereocenters. The monoisotopic (exact) mass is 393 g/mol. The number of hydrogen-bond donors (Lipinski definition) is 4. The van der Waals surface area contributed by atoms with E-state index < -0.39 is 0 Å². The van der Waals surface area contributed by atoms with Crippen LogP contribution in [0.1, 0.15) is 0 Å². The van der Waals surface area contributed by atoms with Crippen LogP contribution in [0.5, 0.6) is 0 Å². The van der Waals surface area contributed by atoms with Crippen molar-refractivity contribution in [1.29, 1.82) is 0 Å². The number of nitrogens with one attached hydrogen (secondary N) is 2. The van der Waals surface area contributed by atoms with Crippen molar-refractivity contribution in [3.8, 4) is 0 Å². The summed E-state index contributed by atoms with van der Waals surface area (Å²) in [6.45, 7) is 1.07. The molecule has 1 radical (unpaired) electrons. The Bertz CT molecular complexity index is 563. The first-order valence-corrected chi connectivity index (χ1v) is 7.56. The summed E-state index contributed by atoms with van der Waals surface area (Å²) in [6.07, 6.45) is 16.7. The van der Waals surface area contributed by atoms with E-state index in [1.807, 2.05) is 0 Å². The second kappa shape index (κ2) is 14.2. The molecule has 0 fully saturated rings. The van der Waals surface area contributed by atoms with Crippen molar-refractivity contribution in [2.45, 2.75) is 0 Å². The van der Waals surface area contributed by atoms with Crippen molar-refractivity contribution in [3.63, 3.8) is 0 Å². The Hall–Kier alpha value is -2.18. The standard InChI is InChI=1S/2C9H11NO2.Cu/c2*11-6-5-10-7-8-3-1-2-4-9(8)12;/h2*1-4,7,10-11H,5-6H2;/b2*8-7-;. The molecular formula is C18H22CuN2O4. The number of ketones is 2. The zero-order valence-corrected chi connectivity index (χ0v) is 14.6. The van der Waals surface area contributed by atoms with Gasteiger partial charge in [0.15, 0.2) is 11.6 Å². The smallest absolute Gasteiger partial charge is 0.187 e. The zero-order chi connectivity index (χ0) is 17.6. The van der Waals surface area contributed by atoms with Gasteiger partial charge in [0.2, 0.25) is 0 Å². The third-order valence-electron chi connectivity index (χ3n) is 2.87. The van der Waals surface area contributed by atoms with Crippen LogP contribution in [0.25, 0.3) is 0 Å². The fraction of sp³-hybridized carbons (Fsp3) is 0.222. The van der Waals surface area contributed by atoms with Crippen LogP contribution in [-0.4, -0.2) is 48.1 Å². The molecule has 0 aliphatic heterocycles. The van der Waals surface area contributed by atoms with E-state index in [0.29, 0.717) is 24.2 Å². The van der Waals surface area contributed by atoms with E-state index in [1.165, 1.54) is 12.2 Å². The maximum absolute atomic E-state index is 11.1. The number of carbonyl (C=O) groups excluding carboxylic acids is 2. The average Bonchev–Trinajstić information content (AvgIpc) is 2.59. The Morgan fingerprint density at radius 1 is 0.720 bits per heavy atom. The Kier molecular flexibility index (Phi) is 12.9. The van der Waals surface area contributed by atoms with Gasteiger partial charge in [0.1, 0.15) is 0 Å². The third-order valence-corrected chi connectivity index (χ3v) is 2.87. The van der Waals surface area contributed by atoms with E-state index in [2.05, 4.69) is 10.6 Å². The Morgan fingerprint density at radius 3 is 1.40 bits per heavy atom. The van der Waals surface area contributed by atoms with Gasteiger partial charge in [-0.15, -0.1) is 0 Å². The van der Waals surface area contributed by atoms with Crippen LogP contribution in [0.2, 0.25) is 0 Å². The molecule has 2 rings (SSSR count). The molecule has 0 saturated carbocycles. The first-order chi connectivity index (χ1) is 11.7. The fourth-order valence-electron chi connectivity index (χ4n) is 1.69. The van der Waals surface area contributed by atoms with Crippen molar-refractivity contribution >= 4 is 11.6 Å². The molecule has 0 aromatic heterocycles. The predicted molar refractivity (Wildman–Crippen MR) is 92.9 cm³/mol. The van der Waals surface area contributed by atoms with Crippen LogP contribution in [0.3, 0.4) is 0 Å². The Morgan fingerprint density at radius 2 is 1.08 bits per heavy atom. The van der Waals surface area contributed by atoms with Gasteiger partial charge in [0, 0.05) is 53.7 Å². The first-order valence-electron chi connectivity index (χ1n) is 7.56. The van der Waals surface area contributed by atoms with Gasteiger partial charge in [0.05, 0.1) is 13.2 Å². The topological polar surface area (TPSA) is 98.7 Å². The number of allylic oxidation sites excluding steroid dienone is 10. The minimum Gasteiger partial charge on any atom is -0.395 e. The van der Waals surface area contributed by atoms with E-state index in [0.717, 1.165) is 0 Å². The molecule has 0 spiro atoms. The predicted octanol–water partition coefficient (Wildman–Crippen LogP) is 0.292. The molecule has 7 heteroatoms. The van der Waals surface area contributed by atoms with Gasteiger partial charge in [0.25, 0.3) is 0 Å². The van der Waals surface area contributed by atoms with Crippen LogP contribution in [0, 0.1) is 0 Å². The van der Waals surface area contributed by atoms with Crippen molar-refractivity contribution < 1.29 is 36.9 Å². The van der Waals surface area contributed by atoms with Crippen LogP contribution < -0.4 is 10.6 Å². The van der Waals surface area contributed by atoms with Crippen LogP contribution in [-0.2, 0) is 26.7 Å². The van der Waals surface area contributed by atoms with Gasteiger partial charge in [-0.05, 0) is 24.3 Å². The fourth-order valence-corrected chi connectivity index (χ4v) is 1.69.